The Morgan fingerprint density at radius 3 is 2.63 bits per heavy atom. The Hall–Kier alpha value is -1.58. The van der Waals surface area contributed by atoms with Crippen LogP contribution in [0.5, 0.6) is 11.5 Å². The minimum atomic E-state index is -0.439. The monoisotopic (exact) mass is 280 g/mol. The summed E-state index contributed by atoms with van der Waals surface area (Å²) in [6.45, 7) is 1.77. The summed E-state index contributed by atoms with van der Waals surface area (Å²) >= 11 is 6.02. The first-order chi connectivity index (χ1) is 9.12. The van der Waals surface area contributed by atoms with Crippen LogP contribution >= 0.6 is 11.6 Å². The highest BCUT2D eigenvalue weighted by atomic mass is 35.5. The number of benzene rings is 2. The molecule has 4 heteroatoms. The summed E-state index contributed by atoms with van der Waals surface area (Å²) < 4.78 is 18.9. The number of hydrogen-bond donors (Lipinski definition) is 1. The first-order valence-corrected chi connectivity index (χ1v) is 6.36. The van der Waals surface area contributed by atoms with Gasteiger partial charge in [0.25, 0.3) is 0 Å². The van der Waals surface area contributed by atoms with Crippen LogP contribution in [0.2, 0.25) is 5.02 Å². The zero-order chi connectivity index (χ0) is 13.8. The van der Waals surface area contributed by atoms with Gasteiger partial charge in [0.2, 0.25) is 0 Å². The third kappa shape index (κ3) is 3.46. The molecular weight excluding hydrogens is 267 g/mol. The third-order valence-electron chi connectivity index (χ3n) is 2.75. The Morgan fingerprint density at radius 2 is 1.95 bits per heavy atom. The van der Waals surface area contributed by atoms with Crippen molar-refractivity contribution in [1.82, 2.24) is 0 Å². The SMILES string of the molecule is CCc1cc(Oc2cc(F)cc(CO)c2)ccc1Cl. The first-order valence-electron chi connectivity index (χ1n) is 5.99. The van der Waals surface area contributed by atoms with Crippen LogP contribution in [-0.4, -0.2) is 5.11 Å². The molecule has 1 N–H and O–H groups in total. The molecule has 0 aliphatic carbocycles. The van der Waals surface area contributed by atoms with E-state index >= 15 is 0 Å². The molecule has 0 unspecified atom stereocenters. The smallest absolute Gasteiger partial charge is 0.130 e. The van der Waals surface area contributed by atoms with Crippen LogP contribution in [0.3, 0.4) is 0 Å². The van der Waals surface area contributed by atoms with Crippen LogP contribution < -0.4 is 4.74 Å². The van der Waals surface area contributed by atoms with Gasteiger partial charge in [0.15, 0.2) is 0 Å². The lowest BCUT2D eigenvalue weighted by molar-refractivity contribution is 0.280. The Morgan fingerprint density at radius 1 is 1.16 bits per heavy atom. The van der Waals surface area contributed by atoms with E-state index in [2.05, 4.69) is 0 Å². The predicted octanol–water partition coefficient (Wildman–Crippen LogP) is 4.33. The van der Waals surface area contributed by atoms with E-state index in [9.17, 15) is 4.39 Å². The third-order valence-corrected chi connectivity index (χ3v) is 3.12. The van der Waals surface area contributed by atoms with Crippen molar-refractivity contribution in [2.75, 3.05) is 0 Å². The van der Waals surface area contributed by atoms with Gasteiger partial charge in [0, 0.05) is 11.1 Å². The predicted molar refractivity (Wildman–Crippen MR) is 73.2 cm³/mol. The average Bonchev–Trinajstić information content (AvgIpc) is 2.40. The first kappa shape index (κ1) is 13.8. The maximum atomic E-state index is 13.3. The van der Waals surface area contributed by atoms with Gasteiger partial charge in [0.1, 0.15) is 17.3 Å². The summed E-state index contributed by atoms with van der Waals surface area (Å²) in [4.78, 5) is 0. The Bertz CT molecular complexity index is 584. The van der Waals surface area contributed by atoms with Crippen molar-refractivity contribution < 1.29 is 14.2 Å². The number of aliphatic hydroxyl groups excluding tert-OH is 1. The van der Waals surface area contributed by atoms with E-state index in [0.29, 0.717) is 22.1 Å². The fourth-order valence-corrected chi connectivity index (χ4v) is 2.04. The summed E-state index contributed by atoms with van der Waals surface area (Å²) in [6, 6.07) is 9.45. The molecule has 0 saturated carbocycles. The lowest BCUT2D eigenvalue weighted by Gasteiger charge is -2.09. The number of halogens is 2. The van der Waals surface area contributed by atoms with Crippen LogP contribution in [0.1, 0.15) is 18.1 Å². The number of aliphatic hydroxyl groups is 1. The van der Waals surface area contributed by atoms with Gasteiger partial charge < -0.3 is 9.84 Å². The highest BCUT2D eigenvalue weighted by molar-refractivity contribution is 6.31. The molecule has 0 saturated heterocycles. The molecule has 0 bridgehead atoms. The molecule has 100 valence electrons. The molecule has 2 nitrogen and oxygen atoms in total. The van der Waals surface area contributed by atoms with E-state index < -0.39 is 5.82 Å². The van der Waals surface area contributed by atoms with E-state index in [1.807, 2.05) is 13.0 Å². The highest BCUT2D eigenvalue weighted by Gasteiger charge is 2.05. The molecule has 0 amide bonds. The van der Waals surface area contributed by atoms with Crippen molar-refractivity contribution in [3.63, 3.8) is 0 Å². The van der Waals surface area contributed by atoms with Crippen molar-refractivity contribution >= 4 is 11.6 Å². The van der Waals surface area contributed by atoms with Gasteiger partial charge in [-0.1, -0.05) is 18.5 Å². The number of hydrogen-bond acceptors (Lipinski definition) is 2. The maximum Gasteiger partial charge on any atom is 0.130 e. The van der Waals surface area contributed by atoms with Crippen molar-refractivity contribution in [1.29, 1.82) is 0 Å². The summed E-state index contributed by atoms with van der Waals surface area (Å²) in [5.41, 5.74) is 1.44. The van der Waals surface area contributed by atoms with E-state index in [0.717, 1.165) is 12.0 Å². The molecule has 0 aliphatic heterocycles. The van der Waals surface area contributed by atoms with E-state index in [4.69, 9.17) is 21.4 Å². The number of ether oxygens (including phenoxy) is 1. The Kier molecular flexibility index (Phi) is 4.40. The summed E-state index contributed by atoms with van der Waals surface area (Å²) in [6.07, 6.45) is 0.793. The van der Waals surface area contributed by atoms with Crippen molar-refractivity contribution in [2.24, 2.45) is 0 Å². The van der Waals surface area contributed by atoms with Gasteiger partial charge in [-0.25, -0.2) is 4.39 Å². The second kappa shape index (κ2) is 6.04. The molecule has 0 atom stereocenters. The van der Waals surface area contributed by atoms with Gasteiger partial charge in [-0.15, -0.1) is 0 Å². The zero-order valence-corrected chi connectivity index (χ0v) is 11.2. The minimum Gasteiger partial charge on any atom is -0.457 e. The van der Waals surface area contributed by atoms with Crippen molar-refractivity contribution in [3.8, 4) is 11.5 Å². The average molecular weight is 281 g/mol. The topological polar surface area (TPSA) is 29.5 Å². The second-order valence-corrected chi connectivity index (χ2v) is 4.57. The van der Waals surface area contributed by atoms with Crippen LogP contribution in [0.15, 0.2) is 36.4 Å². The van der Waals surface area contributed by atoms with Gasteiger partial charge in [-0.2, -0.15) is 0 Å². The Labute approximate surface area is 116 Å². The van der Waals surface area contributed by atoms with Gasteiger partial charge in [0.05, 0.1) is 6.61 Å². The largest absolute Gasteiger partial charge is 0.457 e. The van der Waals surface area contributed by atoms with Gasteiger partial charge in [-0.3, -0.25) is 0 Å². The van der Waals surface area contributed by atoms with E-state index in [-0.39, 0.29) is 6.61 Å². The molecule has 0 radical (unpaired) electrons. The quantitative estimate of drug-likeness (QED) is 0.903. The molecule has 0 aliphatic rings. The van der Waals surface area contributed by atoms with Crippen LogP contribution in [0.4, 0.5) is 4.39 Å². The number of rotatable bonds is 4. The highest BCUT2D eigenvalue weighted by Crippen LogP contribution is 2.27. The van der Waals surface area contributed by atoms with Crippen molar-refractivity contribution in [2.45, 2.75) is 20.0 Å². The minimum absolute atomic E-state index is 0.227. The summed E-state index contributed by atoms with van der Waals surface area (Å²) in [5.74, 6) is 0.510. The van der Waals surface area contributed by atoms with E-state index in [1.165, 1.54) is 12.1 Å². The molecule has 0 heterocycles. The molecule has 2 aromatic rings. The number of aryl methyl sites for hydroxylation is 1. The normalized spacial score (nSPS) is 10.5. The molecule has 2 aromatic carbocycles. The van der Waals surface area contributed by atoms with Gasteiger partial charge >= 0.3 is 0 Å². The molecule has 0 spiro atoms. The van der Waals surface area contributed by atoms with Crippen LogP contribution in [-0.2, 0) is 13.0 Å². The summed E-state index contributed by atoms with van der Waals surface area (Å²) in [7, 11) is 0. The van der Waals surface area contributed by atoms with Crippen LogP contribution in [0, 0.1) is 5.82 Å². The van der Waals surface area contributed by atoms with Gasteiger partial charge in [-0.05, 0) is 47.9 Å². The molecular formula is C15H14ClFO2. The Balaban J connectivity index is 2.28. The van der Waals surface area contributed by atoms with Crippen molar-refractivity contribution in [3.05, 3.63) is 58.4 Å². The fraction of sp³-hybridized carbons (Fsp3) is 0.200. The second-order valence-electron chi connectivity index (χ2n) is 4.16. The molecule has 0 aromatic heterocycles. The van der Waals surface area contributed by atoms with Crippen LogP contribution in [0.25, 0.3) is 0 Å². The standard InChI is InChI=1S/C15H14ClFO2/c1-2-11-7-13(3-4-15(11)16)19-14-6-10(9-18)5-12(17)8-14/h3-8,18H,2,9H2,1H3. The molecule has 2 rings (SSSR count). The lowest BCUT2D eigenvalue weighted by Crippen LogP contribution is -1.91. The molecule has 19 heavy (non-hydrogen) atoms. The fourth-order valence-electron chi connectivity index (χ4n) is 1.79. The molecule has 0 fully saturated rings. The maximum absolute atomic E-state index is 13.3. The van der Waals surface area contributed by atoms with E-state index in [1.54, 1.807) is 18.2 Å². The zero-order valence-electron chi connectivity index (χ0n) is 10.5. The lowest BCUT2D eigenvalue weighted by atomic mass is 10.1. The summed E-state index contributed by atoms with van der Waals surface area (Å²) in [5, 5.41) is 9.72.